The molecule has 2 aromatic rings. The molecule has 0 aliphatic rings. The molecule has 0 saturated heterocycles. The summed E-state index contributed by atoms with van der Waals surface area (Å²) in [7, 11) is -4.80. The van der Waals surface area contributed by atoms with Gasteiger partial charge in [0.1, 0.15) is 14.1 Å². The Morgan fingerprint density at radius 3 is 2.78 bits per heavy atom. The molecule has 0 aliphatic carbocycles. The summed E-state index contributed by atoms with van der Waals surface area (Å²) in [6, 6.07) is 6.86. The first kappa shape index (κ1) is 17.5. The van der Waals surface area contributed by atoms with Crippen LogP contribution in [0.5, 0.6) is 5.75 Å². The lowest BCUT2D eigenvalue weighted by Crippen LogP contribution is -2.46. The van der Waals surface area contributed by atoms with Crippen molar-refractivity contribution in [3.05, 3.63) is 30.5 Å². The molecule has 0 bridgehead atoms. The van der Waals surface area contributed by atoms with E-state index < -0.39 is 24.5 Å². The van der Waals surface area contributed by atoms with Gasteiger partial charge in [0.25, 0.3) is 6.54 Å². The summed E-state index contributed by atoms with van der Waals surface area (Å²) >= 11 is 0. The van der Waals surface area contributed by atoms with Crippen LogP contribution < -0.4 is 18.8 Å². The van der Waals surface area contributed by atoms with Gasteiger partial charge in [-0.2, -0.15) is 0 Å². The van der Waals surface area contributed by atoms with Crippen molar-refractivity contribution in [2.45, 2.75) is 6.54 Å². The minimum absolute atomic E-state index is 0.200. The van der Waals surface area contributed by atoms with Gasteiger partial charge < -0.3 is 13.9 Å². The SMILES string of the molecule is COP([O-])Oc1c[n+](CC(=O)NS(C)(=O)=O)nc2ccccc12. The van der Waals surface area contributed by atoms with Gasteiger partial charge in [0, 0.05) is 12.2 Å². The number of nitrogens with one attached hydrogen (secondary N) is 1. The van der Waals surface area contributed by atoms with E-state index in [0.29, 0.717) is 10.9 Å². The number of fused-ring (bicyclic) bond motifs is 1. The molecule has 1 aromatic heterocycles. The first-order chi connectivity index (χ1) is 10.8. The largest absolute Gasteiger partial charge is 0.776 e. The number of hydrogen-bond donors (Lipinski definition) is 1. The van der Waals surface area contributed by atoms with E-state index in [-0.39, 0.29) is 12.3 Å². The van der Waals surface area contributed by atoms with Gasteiger partial charge in [0.2, 0.25) is 16.2 Å². The third-order valence-corrected chi connectivity index (χ3v) is 3.84. The zero-order valence-electron chi connectivity index (χ0n) is 12.3. The highest BCUT2D eigenvalue weighted by molar-refractivity contribution is 7.89. The maximum Gasteiger partial charge on any atom is 0.301 e. The molecule has 1 atom stereocenters. The highest BCUT2D eigenvalue weighted by atomic mass is 32.2. The van der Waals surface area contributed by atoms with Crippen molar-refractivity contribution in [3.63, 3.8) is 0 Å². The highest BCUT2D eigenvalue weighted by Crippen LogP contribution is 2.33. The van der Waals surface area contributed by atoms with E-state index in [4.69, 9.17) is 4.52 Å². The van der Waals surface area contributed by atoms with E-state index in [1.165, 1.54) is 18.0 Å². The minimum Gasteiger partial charge on any atom is -0.776 e. The van der Waals surface area contributed by atoms with Gasteiger partial charge in [-0.25, -0.2) is 13.1 Å². The lowest BCUT2D eigenvalue weighted by Gasteiger charge is -2.19. The lowest BCUT2D eigenvalue weighted by atomic mass is 10.2. The molecule has 124 valence electrons. The Kier molecular flexibility index (Phi) is 5.42. The molecule has 0 saturated carbocycles. The van der Waals surface area contributed by atoms with Crippen LogP contribution in [0.3, 0.4) is 0 Å². The molecule has 0 fully saturated rings. The molecule has 0 aliphatic heterocycles. The first-order valence-electron chi connectivity index (χ1n) is 6.28. The van der Waals surface area contributed by atoms with Crippen molar-refractivity contribution in [2.24, 2.45) is 0 Å². The molecule has 1 heterocycles. The second-order valence-corrected chi connectivity index (χ2v) is 7.25. The highest BCUT2D eigenvalue weighted by Gasteiger charge is 2.19. The van der Waals surface area contributed by atoms with E-state index in [2.05, 4.69) is 9.62 Å². The standard InChI is InChI=1S/C12H14N3O6PS/c1-20-22(17)21-11-7-15(8-12(16)14-23(2,18)19)13-10-6-4-3-5-9(10)11/h3-7H,8H2,1-2H3,(H,14,16). The Balaban J connectivity index is 2.35. The molecule has 0 spiro atoms. The van der Waals surface area contributed by atoms with Crippen LogP contribution in [0.2, 0.25) is 0 Å². The van der Waals surface area contributed by atoms with E-state index in [1.807, 2.05) is 4.72 Å². The van der Waals surface area contributed by atoms with Crippen LogP contribution >= 0.6 is 8.60 Å². The summed E-state index contributed by atoms with van der Waals surface area (Å²) in [6.07, 6.45) is 2.22. The maximum atomic E-state index is 11.7. The second kappa shape index (κ2) is 7.14. The summed E-state index contributed by atoms with van der Waals surface area (Å²) in [5, 5.41) is 4.76. The third kappa shape index (κ3) is 5.07. The zero-order chi connectivity index (χ0) is 17.0. The molecular formula is C12H14N3O6PS. The number of amides is 1. The maximum absolute atomic E-state index is 11.7. The van der Waals surface area contributed by atoms with Crippen LogP contribution in [0.15, 0.2) is 30.5 Å². The number of aromatic nitrogens is 2. The normalized spacial score (nSPS) is 12.8. The van der Waals surface area contributed by atoms with Gasteiger partial charge in [-0.05, 0) is 12.1 Å². The monoisotopic (exact) mass is 359 g/mol. The molecule has 2 rings (SSSR count). The Morgan fingerprint density at radius 2 is 2.13 bits per heavy atom. The smallest absolute Gasteiger partial charge is 0.301 e. The molecule has 1 amide bonds. The Labute approximate surface area is 133 Å². The summed E-state index contributed by atoms with van der Waals surface area (Å²) in [5.41, 5.74) is 0.483. The van der Waals surface area contributed by atoms with Crippen molar-refractivity contribution in [3.8, 4) is 5.75 Å². The van der Waals surface area contributed by atoms with Gasteiger partial charge >= 0.3 is 5.91 Å². The summed E-state index contributed by atoms with van der Waals surface area (Å²) < 4.78 is 34.9. The van der Waals surface area contributed by atoms with Gasteiger partial charge in [-0.15, -0.1) is 0 Å². The molecule has 9 nitrogen and oxygen atoms in total. The van der Waals surface area contributed by atoms with Gasteiger partial charge in [-0.3, -0.25) is 4.79 Å². The van der Waals surface area contributed by atoms with Crippen molar-refractivity contribution < 1.29 is 31.8 Å². The van der Waals surface area contributed by atoms with Crippen LogP contribution in [0.4, 0.5) is 0 Å². The number of benzene rings is 1. The van der Waals surface area contributed by atoms with E-state index in [1.54, 1.807) is 24.3 Å². The van der Waals surface area contributed by atoms with Gasteiger partial charge in [0.15, 0.2) is 5.75 Å². The fourth-order valence-corrected chi connectivity index (χ4v) is 2.66. The predicted octanol–water partition coefficient (Wildman–Crippen LogP) is -0.789. The van der Waals surface area contributed by atoms with Crippen molar-refractivity contribution >= 4 is 35.4 Å². The topological polar surface area (TPSA) is 122 Å². The third-order valence-electron chi connectivity index (χ3n) is 2.60. The fraction of sp³-hybridized carbons (Fsp3) is 0.250. The average Bonchev–Trinajstić information content (AvgIpc) is 2.45. The van der Waals surface area contributed by atoms with Crippen LogP contribution in [0.25, 0.3) is 10.9 Å². The molecular weight excluding hydrogens is 345 g/mol. The van der Waals surface area contributed by atoms with Crippen LogP contribution in [0.1, 0.15) is 0 Å². The van der Waals surface area contributed by atoms with E-state index in [9.17, 15) is 18.1 Å². The molecule has 11 heteroatoms. The average molecular weight is 359 g/mol. The predicted molar refractivity (Wildman–Crippen MR) is 79.5 cm³/mol. The number of carbonyl (C=O) groups is 1. The summed E-state index contributed by atoms with van der Waals surface area (Å²) in [6.45, 7) is -0.349. The Bertz CT molecular complexity index is 829. The van der Waals surface area contributed by atoms with Crippen molar-refractivity contribution in [1.82, 2.24) is 9.82 Å². The number of carbonyl (C=O) groups excluding carboxylic acids is 1. The number of nitrogens with zero attached hydrogens (tertiary/aromatic N) is 2. The summed E-state index contributed by atoms with van der Waals surface area (Å²) in [4.78, 5) is 23.1. The fourth-order valence-electron chi connectivity index (χ4n) is 1.80. The molecule has 0 radical (unpaired) electrons. The van der Waals surface area contributed by atoms with Crippen LogP contribution in [-0.4, -0.2) is 32.8 Å². The Hall–Kier alpha value is -1.87. The minimum atomic E-state index is -3.66. The number of hydrogen-bond acceptors (Lipinski definition) is 7. The quantitative estimate of drug-likeness (QED) is 0.530. The molecule has 23 heavy (non-hydrogen) atoms. The zero-order valence-corrected chi connectivity index (χ0v) is 14.0. The summed E-state index contributed by atoms with van der Waals surface area (Å²) in [5.74, 6) is -0.562. The van der Waals surface area contributed by atoms with Gasteiger partial charge in [-0.1, -0.05) is 16.8 Å². The van der Waals surface area contributed by atoms with E-state index >= 15 is 0 Å². The van der Waals surface area contributed by atoms with Crippen LogP contribution in [0, 0.1) is 0 Å². The van der Waals surface area contributed by atoms with Crippen molar-refractivity contribution in [2.75, 3.05) is 13.4 Å². The first-order valence-corrected chi connectivity index (χ1v) is 9.26. The second-order valence-electron chi connectivity index (χ2n) is 4.50. The van der Waals surface area contributed by atoms with E-state index in [0.717, 1.165) is 6.26 Å². The molecule has 1 N–H and O–H groups in total. The van der Waals surface area contributed by atoms with Gasteiger partial charge in [0.05, 0.1) is 11.6 Å². The van der Waals surface area contributed by atoms with Crippen LogP contribution in [-0.2, 0) is 25.9 Å². The Morgan fingerprint density at radius 1 is 1.43 bits per heavy atom. The molecule has 1 unspecified atom stereocenters. The molecule has 1 aromatic carbocycles. The number of sulfonamides is 1. The number of rotatable bonds is 6. The van der Waals surface area contributed by atoms with Crippen molar-refractivity contribution in [1.29, 1.82) is 0 Å². The lowest BCUT2D eigenvalue weighted by molar-refractivity contribution is -0.740.